The van der Waals surface area contributed by atoms with Gasteiger partial charge in [0.1, 0.15) is 11.5 Å². The van der Waals surface area contributed by atoms with Crippen molar-refractivity contribution in [2.45, 2.75) is 26.3 Å². The lowest BCUT2D eigenvalue weighted by Gasteiger charge is -2.24. The summed E-state index contributed by atoms with van der Waals surface area (Å²) in [5, 5.41) is 3.05. The maximum Gasteiger partial charge on any atom is 0.274 e. The largest absolute Gasteiger partial charge is 0.369 e. The van der Waals surface area contributed by atoms with E-state index in [9.17, 15) is 4.79 Å². The average molecular weight is 282 g/mol. The molecule has 19 heavy (non-hydrogen) atoms. The van der Waals surface area contributed by atoms with Gasteiger partial charge < -0.3 is 10.2 Å². The van der Waals surface area contributed by atoms with E-state index in [0.29, 0.717) is 11.5 Å². The minimum atomic E-state index is -0.0795. The first-order chi connectivity index (χ1) is 9.10. The number of hydrogen-bond acceptors (Lipinski definition) is 5. The summed E-state index contributed by atoms with van der Waals surface area (Å²) in [5.74, 6) is 1.66. The fourth-order valence-corrected chi connectivity index (χ4v) is 2.15. The molecule has 0 aliphatic rings. The Morgan fingerprint density at radius 3 is 2.74 bits per heavy atom. The molecule has 0 bridgehead atoms. The molecule has 1 N–H and O–H groups in total. The Morgan fingerprint density at radius 1 is 1.47 bits per heavy atom. The fraction of sp³-hybridized carbons (Fsp3) is 0.615. The van der Waals surface area contributed by atoms with Gasteiger partial charge in [-0.25, -0.2) is 9.97 Å². The summed E-state index contributed by atoms with van der Waals surface area (Å²) >= 11 is 1.79. The lowest BCUT2D eigenvalue weighted by atomic mass is 10.2. The molecule has 0 saturated heterocycles. The van der Waals surface area contributed by atoms with Crippen LogP contribution in [0.25, 0.3) is 0 Å². The van der Waals surface area contributed by atoms with E-state index in [1.54, 1.807) is 22.9 Å². The molecular weight excluding hydrogens is 260 g/mol. The zero-order valence-corrected chi connectivity index (χ0v) is 12.8. The fourth-order valence-electron chi connectivity index (χ4n) is 1.57. The second-order valence-electron chi connectivity index (χ2n) is 4.36. The zero-order chi connectivity index (χ0) is 14.3. The number of aromatic nitrogens is 2. The third-order valence-corrected chi connectivity index (χ3v) is 3.59. The number of amides is 1. The third kappa shape index (κ3) is 4.70. The highest BCUT2D eigenvalue weighted by molar-refractivity contribution is 7.98. The summed E-state index contributed by atoms with van der Waals surface area (Å²) < 4.78 is 0. The van der Waals surface area contributed by atoms with Crippen LogP contribution in [0, 0.1) is 0 Å². The third-order valence-electron chi connectivity index (χ3n) is 2.95. The molecule has 1 heterocycles. The Labute approximate surface area is 119 Å². The van der Waals surface area contributed by atoms with E-state index in [-0.39, 0.29) is 11.9 Å². The van der Waals surface area contributed by atoms with E-state index in [2.05, 4.69) is 28.5 Å². The molecule has 1 unspecified atom stereocenters. The number of carbonyl (C=O) groups is 1. The van der Waals surface area contributed by atoms with Crippen molar-refractivity contribution in [1.29, 1.82) is 0 Å². The van der Waals surface area contributed by atoms with E-state index in [4.69, 9.17) is 0 Å². The van der Waals surface area contributed by atoms with Crippen molar-refractivity contribution in [3.05, 3.63) is 18.1 Å². The monoisotopic (exact) mass is 282 g/mol. The molecule has 5 nitrogen and oxygen atoms in total. The maximum absolute atomic E-state index is 12.2. The first-order valence-corrected chi connectivity index (χ1v) is 7.81. The lowest BCUT2D eigenvalue weighted by molar-refractivity contribution is 0.0735. The van der Waals surface area contributed by atoms with Crippen LogP contribution in [0.3, 0.4) is 0 Å². The molecule has 0 aliphatic carbocycles. The van der Waals surface area contributed by atoms with Gasteiger partial charge in [0, 0.05) is 19.6 Å². The SMILES string of the molecule is CCNc1cnc(C(=O)N(C)C(C)CCSC)cn1. The minimum absolute atomic E-state index is 0.0795. The first kappa shape index (κ1) is 15.8. The predicted octanol–water partition coefficient (Wildman–Crippen LogP) is 2.12. The number of anilines is 1. The van der Waals surface area contributed by atoms with Gasteiger partial charge in [-0.3, -0.25) is 4.79 Å². The van der Waals surface area contributed by atoms with Gasteiger partial charge in [-0.15, -0.1) is 0 Å². The van der Waals surface area contributed by atoms with Crippen LogP contribution in [-0.4, -0.2) is 52.4 Å². The van der Waals surface area contributed by atoms with Crippen molar-refractivity contribution in [2.75, 3.05) is 30.9 Å². The van der Waals surface area contributed by atoms with E-state index < -0.39 is 0 Å². The highest BCUT2D eigenvalue weighted by Gasteiger charge is 2.18. The highest BCUT2D eigenvalue weighted by Crippen LogP contribution is 2.10. The van der Waals surface area contributed by atoms with Crippen LogP contribution in [0.5, 0.6) is 0 Å². The predicted molar refractivity (Wildman–Crippen MR) is 80.8 cm³/mol. The highest BCUT2D eigenvalue weighted by atomic mass is 32.2. The van der Waals surface area contributed by atoms with Crippen molar-refractivity contribution < 1.29 is 4.79 Å². The summed E-state index contributed by atoms with van der Waals surface area (Å²) in [4.78, 5) is 22.3. The molecule has 1 aromatic rings. The van der Waals surface area contributed by atoms with Gasteiger partial charge in [0.05, 0.1) is 12.4 Å². The van der Waals surface area contributed by atoms with Gasteiger partial charge in [0.25, 0.3) is 5.91 Å². The summed E-state index contributed by atoms with van der Waals surface area (Å²) in [5.41, 5.74) is 0.389. The van der Waals surface area contributed by atoms with E-state index >= 15 is 0 Å². The first-order valence-electron chi connectivity index (χ1n) is 6.42. The second kappa shape index (κ2) is 7.99. The lowest BCUT2D eigenvalue weighted by Crippen LogP contribution is -2.36. The molecule has 0 fully saturated rings. The summed E-state index contributed by atoms with van der Waals surface area (Å²) in [6, 6.07) is 0.204. The Bertz CT molecular complexity index is 396. The van der Waals surface area contributed by atoms with Crippen molar-refractivity contribution in [1.82, 2.24) is 14.9 Å². The van der Waals surface area contributed by atoms with Crippen LogP contribution in [0.4, 0.5) is 5.82 Å². The normalized spacial score (nSPS) is 12.0. The smallest absolute Gasteiger partial charge is 0.274 e. The molecular formula is C13H22N4OS. The minimum Gasteiger partial charge on any atom is -0.369 e. The van der Waals surface area contributed by atoms with Crippen LogP contribution in [0.1, 0.15) is 30.8 Å². The van der Waals surface area contributed by atoms with Gasteiger partial charge >= 0.3 is 0 Å². The van der Waals surface area contributed by atoms with Crippen molar-refractivity contribution in [3.63, 3.8) is 0 Å². The molecule has 1 amide bonds. The summed E-state index contributed by atoms with van der Waals surface area (Å²) in [6.45, 7) is 4.82. The van der Waals surface area contributed by atoms with Gasteiger partial charge in [0.2, 0.25) is 0 Å². The molecule has 1 aromatic heterocycles. The van der Waals surface area contributed by atoms with Crippen LogP contribution >= 0.6 is 11.8 Å². The van der Waals surface area contributed by atoms with Crippen LogP contribution in [0.15, 0.2) is 12.4 Å². The molecule has 0 aliphatic heterocycles. The van der Waals surface area contributed by atoms with E-state index in [1.165, 1.54) is 6.20 Å². The molecule has 1 rings (SSSR count). The standard InChI is InChI=1S/C13H22N4OS/c1-5-14-12-9-15-11(8-16-12)13(18)17(3)10(2)6-7-19-4/h8-10H,5-7H2,1-4H3,(H,14,16). The van der Waals surface area contributed by atoms with Gasteiger partial charge in [-0.2, -0.15) is 11.8 Å². The van der Waals surface area contributed by atoms with Gasteiger partial charge in [-0.1, -0.05) is 0 Å². The van der Waals surface area contributed by atoms with Gasteiger partial charge in [0.15, 0.2) is 0 Å². The van der Waals surface area contributed by atoms with Crippen molar-refractivity contribution >= 4 is 23.5 Å². The second-order valence-corrected chi connectivity index (χ2v) is 5.35. The van der Waals surface area contributed by atoms with Crippen molar-refractivity contribution in [2.24, 2.45) is 0 Å². The maximum atomic E-state index is 12.2. The summed E-state index contributed by atoms with van der Waals surface area (Å²) in [7, 11) is 1.81. The Morgan fingerprint density at radius 2 is 2.21 bits per heavy atom. The van der Waals surface area contributed by atoms with Crippen LogP contribution in [-0.2, 0) is 0 Å². The van der Waals surface area contributed by atoms with Gasteiger partial charge in [-0.05, 0) is 32.3 Å². The van der Waals surface area contributed by atoms with Crippen molar-refractivity contribution in [3.8, 4) is 0 Å². The molecule has 0 radical (unpaired) electrons. The molecule has 0 saturated carbocycles. The number of carbonyl (C=O) groups excluding carboxylic acids is 1. The quantitative estimate of drug-likeness (QED) is 0.830. The molecule has 1 atom stereocenters. The summed E-state index contributed by atoms with van der Waals surface area (Å²) in [6.07, 6.45) is 6.17. The molecule has 0 aromatic carbocycles. The average Bonchev–Trinajstić information content (AvgIpc) is 2.44. The molecule has 6 heteroatoms. The van der Waals surface area contributed by atoms with E-state index in [1.807, 2.05) is 14.0 Å². The van der Waals surface area contributed by atoms with Crippen LogP contribution in [0.2, 0.25) is 0 Å². The number of thioether (sulfide) groups is 1. The molecule has 0 spiro atoms. The topological polar surface area (TPSA) is 58.1 Å². The van der Waals surface area contributed by atoms with Crippen LogP contribution < -0.4 is 5.32 Å². The number of nitrogens with one attached hydrogen (secondary N) is 1. The number of hydrogen-bond donors (Lipinski definition) is 1. The molecule has 106 valence electrons. The Hall–Kier alpha value is -1.30. The number of rotatable bonds is 7. The Balaban J connectivity index is 2.65. The van der Waals surface area contributed by atoms with E-state index in [0.717, 1.165) is 18.7 Å². The number of nitrogens with zero attached hydrogens (tertiary/aromatic N) is 3. The zero-order valence-electron chi connectivity index (χ0n) is 12.0. The Kier molecular flexibility index (Phi) is 6.62.